The molecule has 0 bridgehead atoms. The number of hydrogen-bond acceptors (Lipinski definition) is 5. The van der Waals surface area contributed by atoms with Crippen molar-refractivity contribution >= 4 is 18.0 Å². The van der Waals surface area contributed by atoms with E-state index in [0.29, 0.717) is 0 Å². The van der Waals surface area contributed by atoms with Crippen molar-refractivity contribution in [2.75, 3.05) is 7.11 Å². The third-order valence-electron chi connectivity index (χ3n) is 5.48. The molecular formula is C23H34N2O5. The van der Waals surface area contributed by atoms with Crippen molar-refractivity contribution in [3.63, 3.8) is 0 Å². The number of nitrogens with one attached hydrogen (secondary N) is 2. The second-order valence-electron chi connectivity index (χ2n) is 8.91. The van der Waals surface area contributed by atoms with E-state index in [2.05, 4.69) is 10.6 Å². The molecule has 2 atom stereocenters. The molecule has 0 aliphatic heterocycles. The van der Waals surface area contributed by atoms with Crippen molar-refractivity contribution in [2.45, 2.75) is 71.6 Å². The molecule has 0 saturated heterocycles. The van der Waals surface area contributed by atoms with Gasteiger partial charge < -0.3 is 20.1 Å². The zero-order valence-electron chi connectivity index (χ0n) is 18.4. The first-order chi connectivity index (χ1) is 14.2. The van der Waals surface area contributed by atoms with Gasteiger partial charge in [-0.25, -0.2) is 9.59 Å². The van der Waals surface area contributed by atoms with Crippen LogP contribution in [0, 0.1) is 11.3 Å². The monoisotopic (exact) mass is 418 g/mol. The highest BCUT2D eigenvalue weighted by molar-refractivity contribution is 5.90. The molecule has 0 heterocycles. The average Bonchev–Trinajstić information content (AvgIpc) is 2.74. The number of carbonyl (C=O) groups is 3. The fraction of sp³-hybridized carbons (Fsp3) is 0.609. The fourth-order valence-corrected chi connectivity index (χ4v) is 3.74. The zero-order chi connectivity index (χ0) is 22.1. The van der Waals surface area contributed by atoms with Crippen LogP contribution in [0.25, 0.3) is 0 Å². The molecule has 166 valence electrons. The molecule has 1 fully saturated rings. The minimum absolute atomic E-state index is 0.00119. The van der Waals surface area contributed by atoms with E-state index in [1.165, 1.54) is 7.11 Å². The van der Waals surface area contributed by atoms with Gasteiger partial charge in [0, 0.05) is 0 Å². The van der Waals surface area contributed by atoms with Crippen molar-refractivity contribution < 1.29 is 23.9 Å². The third kappa shape index (κ3) is 7.04. The summed E-state index contributed by atoms with van der Waals surface area (Å²) in [5.74, 6) is -0.893. The van der Waals surface area contributed by atoms with Gasteiger partial charge >= 0.3 is 12.1 Å². The summed E-state index contributed by atoms with van der Waals surface area (Å²) in [6, 6.07) is 7.78. The second kappa shape index (κ2) is 11.0. The summed E-state index contributed by atoms with van der Waals surface area (Å²) >= 11 is 0. The quantitative estimate of drug-likeness (QED) is 0.660. The first-order valence-corrected chi connectivity index (χ1v) is 10.6. The van der Waals surface area contributed by atoms with Crippen LogP contribution in [0.1, 0.15) is 58.4 Å². The Morgan fingerprint density at radius 3 is 2.23 bits per heavy atom. The van der Waals surface area contributed by atoms with Crippen LogP contribution in [0.4, 0.5) is 4.79 Å². The van der Waals surface area contributed by atoms with Gasteiger partial charge in [-0.05, 0) is 29.7 Å². The average molecular weight is 419 g/mol. The van der Waals surface area contributed by atoms with Crippen LogP contribution in [0.2, 0.25) is 0 Å². The highest BCUT2D eigenvalue weighted by Gasteiger charge is 2.38. The van der Waals surface area contributed by atoms with E-state index in [4.69, 9.17) is 9.47 Å². The maximum Gasteiger partial charge on any atom is 0.408 e. The molecule has 2 rings (SSSR count). The summed E-state index contributed by atoms with van der Waals surface area (Å²) < 4.78 is 10.2. The summed E-state index contributed by atoms with van der Waals surface area (Å²) in [5, 5.41) is 5.55. The molecule has 1 aliphatic carbocycles. The van der Waals surface area contributed by atoms with Gasteiger partial charge in [0.2, 0.25) is 5.91 Å². The molecule has 1 aromatic rings. The molecule has 0 spiro atoms. The zero-order valence-corrected chi connectivity index (χ0v) is 18.4. The van der Waals surface area contributed by atoms with Gasteiger partial charge in [0.1, 0.15) is 18.7 Å². The van der Waals surface area contributed by atoms with E-state index in [9.17, 15) is 14.4 Å². The third-order valence-corrected chi connectivity index (χ3v) is 5.48. The Labute approximate surface area is 178 Å². The van der Waals surface area contributed by atoms with E-state index in [0.717, 1.165) is 37.7 Å². The lowest BCUT2D eigenvalue weighted by Crippen LogP contribution is -2.58. The Hall–Kier alpha value is -2.57. The molecule has 1 aromatic carbocycles. The molecule has 1 aliphatic rings. The van der Waals surface area contributed by atoms with Gasteiger partial charge in [0.05, 0.1) is 7.11 Å². The molecule has 0 radical (unpaired) electrons. The smallest absolute Gasteiger partial charge is 0.408 e. The minimum Gasteiger partial charge on any atom is -0.467 e. The van der Waals surface area contributed by atoms with E-state index in [1.54, 1.807) is 0 Å². The Balaban J connectivity index is 2.08. The molecule has 7 heteroatoms. The van der Waals surface area contributed by atoms with Crippen LogP contribution in [-0.2, 0) is 25.7 Å². The topological polar surface area (TPSA) is 93.7 Å². The number of carbonyl (C=O) groups excluding carboxylic acids is 3. The standard InChI is InChI=1S/C23H34N2O5/c1-23(2,3)19(21(27)29-4)25-20(26)18(17-13-9-6-10-14-17)24-22(28)30-15-16-11-7-5-8-12-16/h5,7-8,11-12,17-19H,6,9-10,13-15H2,1-4H3,(H,24,28)(H,25,26). The lowest BCUT2D eigenvalue weighted by atomic mass is 9.82. The van der Waals surface area contributed by atoms with Gasteiger partial charge in [0.15, 0.2) is 0 Å². The Kier molecular flexibility index (Phi) is 8.69. The minimum atomic E-state index is -0.816. The lowest BCUT2D eigenvalue weighted by Gasteiger charge is -2.34. The molecular weight excluding hydrogens is 384 g/mol. The number of hydrogen-bond donors (Lipinski definition) is 2. The van der Waals surface area contributed by atoms with E-state index in [1.807, 2.05) is 51.1 Å². The van der Waals surface area contributed by atoms with Crippen molar-refractivity contribution in [1.82, 2.24) is 10.6 Å². The highest BCUT2D eigenvalue weighted by atomic mass is 16.5. The number of alkyl carbamates (subject to hydrolysis) is 1. The summed E-state index contributed by atoms with van der Waals surface area (Å²) in [7, 11) is 1.30. The van der Waals surface area contributed by atoms with Crippen LogP contribution >= 0.6 is 0 Å². The predicted molar refractivity (Wildman–Crippen MR) is 114 cm³/mol. The largest absolute Gasteiger partial charge is 0.467 e. The molecule has 30 heavy (non-hydrogen) atoms. The number of amides is 2. The van der Waals surface area contributed by atoms with Crippen LogP contribution in [-0.4, -0.2) is 37.2 Å². The number of rotatable bonds is 7. The van der Waals surface area contributed by atoms with Crippen molar-refractivity contribution in [3.05, 3.63) is 35.9 Å². The molecule has 2 N–H and O–H groups in total. The number of esters is 1. The molecule has 2 amide bonds. The Bertz CT molecular complexity index is 708. The molecule has 7 nitrogen and oxygen atoms in total. The van der Waals surface area contributed by atoms with Crippen LogP contribution in [0.5, 0.6) is 0 Å². The van der Waals surface area contributed by atoms with Crippen LogP contribution in [0.15, 0.2) is 30.3 Å². The lowest BCUT2D eigenvalue weighted by molar-refractivity contribution is -0.148. The van der Waals surface area contributed by atoms with E-state index < -0.39 is 29.6 Å². The normalized spacial score (nSPS) is 16.8. The summed E-state index contributed by atoms with van der Waals surface area (Å²) in [6.07, 6.45) is 4.18. The Morgan fingerprint density at radius 2 is 1.67 bits per heavy atom. The van der Waals surface area contributed by atoms with Gasteiger partial charge in [-0.2, -0.15) is 0 Å². The second-order valence-corrected chi connectivity index (χ2v) is 8.91. The van der Waals surface area contributed by atoms with Gasteiger partial charge in [-0.3, -0.25) is 4.79 Å². The van der Waals surface area contributed by atoms with Crippen LogP contribution < -0.4 is 10.6 Å². The summed E-state index contributed by atoms with van der Waals surface area (Å²) in [5.41, 5.74) is 0.332. The maximum absolute atomic E-state index is 13.1. The van der Waals surface area contributed by atoms with Gasteiger partial charge in [-0.1, -0.05) is 70.4 Å². The number of ether oxygens (including phenoxy) is 2. The summed E-state index contributed by atoms with van der Waals surface area (Å²) in [4.78, 5) is 37.8. The van der Waals surface area contributed by atoms with E-state index >= 15 is 0 Å². The number of methoxy groups -OCH3 is 1. The first kappa shape index (κ1) is 23.7. The number of benzene rings is 1. The molecule has 0 aromatic heterocycles. The van der Waals surface area contributed by atoms with Gasteiger partial charge in [-0.15, -0.1) is 0 Å². The van der Waals surface area contributed by atoms with Crippen molar-refractivity contribution in [1.29, 1.82) is 0 Å². The fourth-order valence-electron chi connectivity index (χ4n) is 3.74. The van der Waals surface area contributed by atoms with Crippen molar-refractivity contribution in [3.8, 4) is 0 Å². The molecule has 1 saturated carbocycles. The van der Waals surface area contributed by atoms with E-state index in [-0.39, 0.29) is 18.4 Å². The Morgan fingerprint density at radius 1 is 1.03 bits per heavy atom. The van der Waals surface area contributed by atoms with Crippen LogP contribution in [0.3, 0.4) is 0 Å². The maximum atomic E-state index is 13.1. The SMILES string of the molecule is COC(=O)C(NC(=O)C(NC(=O)OCc1ccccc1)C1CCCCC1)C(C)(C)C. The van der Waals surface area contributed by atoms with Crippen molar-refractivity contribution in [2.24, 2.45) is 11.3 Å². The molecule has 2 unspecified atom stereocenters. The first-order valence-electron chi connectivity index (χ1n) is 10.6. The van der Waals surface area contributed by atoms with Gasteiger partial charge in [0.25, 0.3) is 0 Å². The predicted octanol–water partition coefficient (Wildman–Crippen LogP) is 3.57. The highest BCUT2D eigenvalue weighted by Crippen LogP contribution is 2.28. The summed E-state index contributed by atoms with van der Waals surface area (Å²) in [6.45, 7) is 5.68.